The van der Waals surface area contributed by atoms with E-state index in [-0.39, 0.29) is 29.8 Å². The summed E-state index contributed by atoms with van der Waals surface area (Å²) in [6, 6.07) is 12.2. The number of rotatable bonds is 7. The average Bonchev–Trinajstić information content (AvgIpc) is 3.55. The number of benzene rings is 1. The lowest BCUT2D eigenvalue weighted by molar-refractivity contribution is -0.139. The van der Waals surface area contributed by atoms with Gasteiger partial charge in [-0.25, -0.2) is 0 Å². The van der Waals surface area contributed by atoms with E-state index < -0.39 is 6.04 Å². The second kappa shape index (κ2) is 10.6. The van der Waals surface area contributed by atoms with Gasteiger partial charge in [0.05, 0.1) is 12.1 Å². The third-order valence-corrected chi connectivity index (χ3v) is 8.04. The Labute approximate surface area is 195 Å². The third-order valence-electron chi connectivity index (χ3n) is 7.12. The van der Waals surface area contributed by atoms with Crippen LogP contribution in [-0.4, -0.2) is 42.4 Å². The Morgan fingerprint density at radius 2 is 1.88 bits per heavy atom. The van der Waals surface area contributed by atoms with Crippen LogP contribution in [0.5, 0.6) is 0 Å². The highest BCUT2D eigenvalue weighted by molar-refractivity contribution is 7.13. The van der Waals surface area contributed by atoms with Crippen molar-refractivity contribution in [2.24, 2.45) is 5.92 Å². The normalized spacial score (nSPS) is 21.3. The Morgan fingerprint density at radius 1 is 1.06 bits per heavy atom. The Kier molecular flexibility index (Phi) is 7.63. The maximum absolute atomic E-state index is 13.9. The minimum Gasteiger partial charge on any atom is -0.343 e. The summed E-state index contributed by atoms with van der Waals surface area (Å²) in [6.45, 7) is 2.60. The van der Waals surface area contributed by atoms with Gasteiger partial charge in [0.25, 0.3) is 0 Å². The van der Waals surface area contributed by atoms with Crippen molar-refractivity contribution >= 4 is 23.2 Å². The molecule has 1 saturated heterocycles. The Balaban J connectivity index is 1.57. The molecule has 0 spiro atoms. The fraction of sp³-hybridized carbons (Fsp3) is 0.538. The number of carbonyl (C=O) groups is 2. The van der Waals surface area contributed by atoms with E-state index in [1.165, 1.54) is 22.4 Å². The van der Waals surface area contributed by atoms with Gasteiger partial charge in [-0.2, -0.15) is 0 Å². The summed E-state index contributed by atoms with van der Waals surface area (Å²) in [6.07, 6.45) is 7.49. The number of nitrogens with zero attached hydrogens (tertiary/aromatic N) is 1. The highest BCUT2D eigenvalue weighted by Crippen LogP contribution is 2.37. The van der Waals surface area contributed by atoms with Crippen LogP contribution in [0.3, 0.4) is 0 Å². The number of likely N-dealkylation sites (N-methyl/N-ethyl adjacent to an activating group) is 1. The molecule has 2 N–H and O–H groups in total. The molecule has 1 saturated carbocycles. The van der Waals surface area contributed by atoms with E-state index in [0.717, 1.165) is 45.1 Å². The van der Waals surface area contributed by atoms with Gasteiger partial charge in [-0.1, -0.05) is 43.5 Å². The van der Waals surface area contributed by atoms with Gasteiger partial charge in [-0.05, 0) is 74.2 Å². The molecule has 2 amide bonds. The SMILES string of the molecule is CNC(C)C(=O)NC(C(=O)N1CCC[C@@H]1c1cccc(-c2cccs2)c1)C1CCCCC1. The molecule has 0 bridgehead atoms. The first-order chi connectivity index (χ1) is 15.6. The van der Waals surface area contributed by atoms with E-state index in [4.69, 9.17) is 0 Å². The van der Waals surface area contributed by atoms with Crippen LogP contribution >= 0.6 is 11.3 Å². The van der Waals surface area contributed by atoms with Gasteiger partial charge in [0, 0.05) is 11.4 Å². The molecule has 1 aromatic heterocycles. The summed E-state index contributed by atoms with van der Waals surface area (Å²) >= 11 is 1.74. The topological polar surface area (TPSA) is 61.4 Å². The zero-order valence-electron chi connectivity index (χ0n) is 19.2. The van der Waals surface area contributed by atoms with Crippen molar-refractivity contribution in [3.05, 3.63) is 47.3 Å². The lowest BCUT2D eigenvalue weighted by atomic mass is 9.83. The molecule has 2 unspecified atom stereocenters. The van der Waals surface area contributed by atoms with Crippen LogP contribution in [0.15, 0.2) is 41.8 Å². The molecular formula is C26H35N3O2S. The van der Waals surface area contributed by atoms with E-state index in [0.29, 0.717) is 0 Å². The fourth-order valence-corrected chi connectivity index (χ4v) is 5.88. The molecule has 0 radical (unpaired) electrons. The number of hydrogen-bond acceptors (Lipinski definition) is 4. The van der Waals surface area contributed by atoms with Crippen LogP contribution in [0.25, 0.3) is 10.4 Å². The summed E-state index contributed by atoms with van der Waals surface area (Å²) in [5, 5.41) is 8.22. The molecular weight excluding hydrogens is 418 g/mol. The minimum absolute atomic E-state index is 0.0760. The molecule has 32 heavy (non-hydrogen) atoms. The maximum atomic E-state index is 13.9. The fourth-order valence-electron chi connectivity index (χ4n) is 5.16. The zero-order valence-corrected chi connectivity index (χ0v) is 20.0. The van der Waals surface area contributed by atoms with E-state index in [2.05, 4.69) is 52.4 Å². The Hall–Kier alpha value is -2.18. The average molecular weight is 454 g/mol. The predicted molar refractivity (Wildman–Crippen MR) is 130 cm³/mol. The van der Waals surface area contributed by atoms with Crippen LogP contribution in [0.4, 0.5) is 0 Å². The third kappa shape index (κ3) is 5.07. The standard InChI is InChI=1S/C26H35N3O2S/c1-18(27-2)25(30)28-24(19-9-4-3-5-10-19)26(31)29-15-7-13-22(29)20-11-6-12-21(17-20)23-14-8-16-32-23/h6,8,11-12,14,16-19,22,24,27H,3-5,7,9-10,13,15H2,1-2H3,(H,28,30)/t18?,22-,24?/m1/s1. The lowest BCUT2D eigenvalue weighted by Crippen LogP contribution is -2.55. The largest absolute Gasteiger partial charge is 0.343 e. The molecule has 3 atom stereocenters. The first-order valence-corrected chi connectivity index (χ1v) is 12.9. The van der Waals surface area contributed by atoms with Crippen molar-refractivity contribution in [1.29, 1.82) is 0 Å². The first kappa shape index (κ1) is 23.0. The molecule has 2 fully saturated rings. The van der Waals surface area contributed by atoms with Gasteiger partial charge in [0.2, 0.25) is 11.8 Å². The summed E-state index contributed by atoms with van der Waals surface area (Å²) < 4.78 is 0. The molecule has 1 aliphatic carbocycles. The second-order valence-corrected chi connectivity index (χ2v) is 10.1. The van der Waals surface area contributed by atoms with Gasteiger partial charge in [-0.15, -0.1) is 11.3 Å². The van der Waals surface area contributed by atoms with Crippen molar-refractivity contribution in [3.63, 3.8) is 0 Å². The van der Waals surface area contributed by atoms with Crippen LogP contribution in [0.1, 0.15) is 63.5 Å². The van der Waals surface area contributed by atoms with Crippen molar-refractivity contribution in [2.45, 2.75) is 70.0 Å². The van der Waals surface area contributed by atoms with Crippen LogP contribution in [0, 0.1) is 5.92 Å². The molecule has 2 aliphatic rings. The molecule has 6 heteroatoms. The molecule has 1 aliphatic heterocycles. The molecule has 1 aromatic carbocycles. The van der Waals surface area contributed by atoms with Crippen molar-refractivity contribution in [3.8, 4) is 10.4 Å². The molecule has 4 rings (SSSR count). The van der Waals surface area contributed by atoms with Gasteiger partial charge in [0.1, 0.15) is 6.04 Å². The number of likely N-dealkylation sites (tertiary alicyclic amines) is 1. The number of hydrogen-bond donors (Lipinski definition) is 2. The first-order valence-electron chi connectivity index (χ1n) is 12.0. The van der Waals surface area contributed by atoms with Gasteiger partial charge >= 0.3 is 0 Å². The van der Waals surface area contributed by atoms with Crippen molar-refractivity contribution in [1.82, 2.24) is 15.5 Å². The van der Waals surface area contributed by atoms with Crippen LogP contribution in [-0.2, 0) is 9.59 Å². The number of thiophene rings is 1. The molecule has 172 valence electrons. The van der Waals surface area contributed by atoms with Crippen molar-refractivity contribution < 1.29 is 9.59 Å². The van der Waals surface area contributed by atoms with E-state index in [1.54, 1.807) is 18.4 Å². The molecule has 5 nitrogen and oxygen atoms in total. The van der Waals surface area contributed by atoms with Crippen molar-refractivity contribution in [2.75, 3.05) is 13.6 Å². The highest BCUT2D eigenvalue weighted by atomic mass is 32.1. The monoisotopic (exact) mass is 453 g/mol. The summed E-state index contributed by atoms with van der Waals surface area (Å²) in [4.78, 5) is 29.9. The summed E-state index contributed by atoms with van der Waals surface area (Å²) in [5.74, 6) is 0.229. The lowest BCUT2D eigenvalue weighted by Gasteiger charge is -2.35. The Morgan fingerprint density at radius 3 is 2.59 bits per heavy atom. The van der Waals surface area contributed by atoms with E-state index >= 15 is 0 Å². The Bertz CT molecular complexity index is 908. The van der Waals surface area contributed by atoms with Crippen LogP contribution < -0.4 is 10.6 Å². The quantitative estimate of drug-likeness (QED) is 0.636. The zero-order chi connectivity index (χ0) is 22.5. The van der Waals surface area contributed by atoms with E-state index in [9.17, 15) is 9.59 Å². The van der Waals surface area contributed by atoms with Gasteiger partial charge in [-0.3, -0.25) is 9.59 Å². The minimum atomic E-state index is -0.431. The summed E-state index contributed by atoms with van der Waals surface area (Å²) in [7, 11) is 1.78. The highest BCUT2D eigenvalue weighted by Gasteiger charge is 2.39. The molecule has 2 aromatic rings. The van der Waals surface area contributed by atoms with Crippen LogP contribution in [0.2, 0.25) is 0 Å². The second-order valence-electron chi connectivity index (χ2n) is 9.19. The van der Waals surface area contributed by atoms with E-state index in [1.807, 2.05) is 11.8 Å². The van der Waals surface area contributed by atoms with Gasteiger partial charge < -0.3 is 15.5 Å². The number of amides is 2. The number of nitrogens with one attached hydrogen (secondary N) is 2. The molecule has 2 heterocycles. The van der Waals surface area contributed by atoms with Gasteiger partial charge in [0.15, 0.2) is 0 Å². The maximum Gasteiger partial charge on any atom is 0.245 e. The smallest absolute Gasteiger partial charge is 0.245 e. The summed E-state index contributed by atoms with van der Waals surface area (Å²) in [5.41, 5.74) is 2.40. The predicted octanol–water partition coefficient (Wildman–Crippen LogP) is 4.75. The number of carbonyl (C=O) groups excluding carboxylic acids is 2.